The summed E-state index contributed by atoms with van der Waals surface area (Å²) in [5, 5.41) is 9.05. The van der Waals surface area contributed by atoms with Crippen molar-refractivity contribution in [1.82, 2.24) is 24.1 Å². The summed E-state index contributed by atoms with van der Waals surface area (Å²) < 4.78 is 30.2. The van der Waals surface area contributed by atoms with Crippen LogP contribution < -0.4 is 15.0 Å². The van der Waals surface area contributed by atoms with Gasteiger partial charge in [-0.05, 0) is 48.5 Å². The van der Waals surface area contributed by atoms with Gasteiger partial charge in [0.2, 0.25) is 0 Å². The lowest BCUT2D eigenvalue weighted by Gasteiger charge is -2.12. The van der Waals surface area contributed by atoms with E-state index < -0.39 is 5.82 Å². The van der Waals surface area contributed by atoms with Crippen LogP contribution >= 0.6 is 23.1 Å². The van der Waals surface area contributed by atoms with E-state index in [1.807, 2.05) is 24.3 Å². The molecule has 0 spiro atoms. The molecule has 0 saturated carbocycles. The van der Waals surface area contributed by atoms with Crippen molar-refractivity contribution in [3.63, 3.8) is 0 Å². The third-order valence-corrected chi connectivity index (χ3v) is 7.80. The van der Waals surface area contributed by atoms with E-state index in [0.29, 0.717) is 44.6 Å². The van der Waals surface area contributed by atoms with Crippen molar-refractivity contribution >= 4 is 38.3 Å². The number of thiazole rings is 1. The molecular weight excluding hydrogens is 525 g/mol. The molecule has 0 saturated heterocycles. The van der Waals surface area contributed by atoms with Gasteiger partial charge in [-0.1, -0.05) is 47.4 Å². The molecule has 0 N–H and O–H groups in total. The number of hydrogen-bond acceptors (Lipinski definition) is 8. The number of rotatable bonds is 8. The molecule has 0 aliphatic heterocycles. The number of fused-ring (bicyclic) bond motifs is 3. The number of benzene rings is 3. The number of aromatic nitrogens is 5. The maximum Gasteiger partial charge on any atom is 0.259 e. The lowest BCUT2D eigenvalue weighted by molar-refractivity contribution is 0.292. The average molecular weight is 546 g/mol. The summed E-state index contributed by atoms with van der Waals surface area (Å²) in [4.78, 5) is 18.2. The summed E-state index contributed by atoms with van der Waals surface area (Å²) in [5.74, 6) is 1.70. The molecule has 3 heterocycles. The normalized spacial score (nSPS) is 11.3. The van der Waals surface area contributed by atoms with Crippen LogP contribution in [0.25, 0.3) is 20.9 Å². The maximum absolute atomic E-state index is 14.9. The van der Waals surface area contributed by atoms with Crippen LogP contribution in [0.4, 0.5) is 4.39 Å². The highest BCUT2D eigenvalue weighted by Gasteiger charge is 2.19. The molecule has 3 aromatic carbocycles. The van der Waals surface area contributed by atoms with Crippen LogP contribution in [0.3, 0.4) is 0 Å². The van der Waals surface area contributed by atoms with Crippen molar-refractivity contribution in [2.24, 2.45) is 0 Å². The zero-order valence-electron chi connectivity index (χ0n) is 20.1. The van der Waals surface area contributed by atoms with Crippen molar-refractivity contribution in [3.8, 4) is 17.2 Å². The highest BCUT2D eigenvalue weighted by molar-refractivity contribution is 7.98. The third-order valence-electron chi connectivity index (χ3n) is 5.82. The molecular formula is C27H20FN5O3S2. The Hall–Kier alpha value is -4.22. The van der Waals surface area contributed by atoms with Gasteiger partial charge in [0.1, 0.15) is 23.9 Å². The fourth-order valence-corrected chi connectivity index (χ4v) is 5.92. The molecule has 0 atom stereocenters. The van der Waals surface area contributed by atoms with Crippen molar-refractivity contribution in [3.05, 3.63) is 107 Å². The first-order valence-electron chi connectivity index (χ1n) is 11.6. The maximum atomic E-state index is 14.9. The minimum atomic E-state index is -0.414. The average Bonchev–Trinajstić information content (AvgIpc) is 3.52. The molecule has 38 heavy (non-hydrogen) atoms. The first-order valence-corrected chi connectivity index (χ1v) is 13.4. The van der Waals surface area contributed by atoms with Crippen LogP contribution in [0.2, 0.25) is 0 Å². The highest BCUT2D eigenvalue weighted by atomic mass is 32.2. The molecule has 0 fully saturated rings. The fraction of sp³-hybridized carbons (Fsp3) is 0.111. The highest BCUT2D eigenvalue weighted by Crippen LogP contribution is 2.28. The Balaban J connectivity index is 1.29. The molecule has 8 nitrogen and oxygen atoms in total. The van der Waals surface area contributed by atoms with E-state index in [2.05, 4.69) is 10.2 Å². The minimum absolute atomic E-state index is 0.0710. The summed E-state index contributed by atoms with van der Waals surface area (Å²) in [7, 11) is 1.60. The minimum Gasteiger partial charge on any atom is -0.497 e. The number of halogens is 1. The van der Waals surface area contributed by atoms with E-state index >= 15 is 0 Å². The lowest BCUT2D eigenvalue weighted by Crippen LogP contribution is -2.13. The Morgan fingerprint density at radius 2 is 1.74 bits per heavy atom. The van der Waals surface area contributed by atoms with Gasteiger partial charge in [0.25, 0.3) is 5.56 Å². The van der Waals surface area contributed by atoms with Gasteiger partial charge in [0.15, 0.2) is 15.9 Å². The molecule has 0 radical (unpaired) electrons. The quantitative estimate of drug-likeness (QED) is 0.233. The number of para-hydroxylation sites is 2. The molecule has 6 rings (SSSR count). The Labute approximate surface area is 224 Å². The SMILES string of the molecule is COc1ccc(OCc2nnc(SCc3cc(=O)n4c(n3)sc3ccccc34)n2-c2ccccc2F)cc1. The van der Waals surface area contributed by atoms with Crippen LogP contribution in [-0.2, 0) is 12.4 Å². The van der Waals surface area contributed by atoms with E-state index in [1.54, 1.807) is 58.5 Å². The van der Waals surface area contributed by atoms with Gasteiger partial charge < -0.3 is 9.47 Å². The zero-order valence-corrected chi connectivity index (χ0v) is 21.7. The topological polar surface area (TPSA) is 83.5 Å². The second-order valence-electron chi connectivity index (χ2n) is 8.21. The summed E-state index contributed by atoms with van der Waals surface area (Å²) in [6, 6.07) is 22.8. The molecule has 0 unspecified atom stereocenters. The van der Waals surface area contributed by atoms with Crippen LogP contribution in [0.1, 0.15) is 11.5 Å². The molecule has 190 valence electrons. The predicted molar refractivity (Wildman–Crippen MR) is 145 cm³/mol. The number of ether oxygens (including phenoxy) is 2. The number of methoxy groups -OCH3 is 1. The van der Waals surface area contributed by atoms with E-state index in [9.17, 15) is 9.18 Å². The lowest BCUT2D eigenvalue weighted by atomic mass is 10.3. The third kappa shape index (κ3) is 4.61. The van der Waals surface area contributed by atoms with Gasteiger partial charge >= 0.3 is 0 Å². The molecule has 3 aromatic heterocycles. The molecule has 0 bridgehead atoms. The van der Waals surface area contributed by atoms with Crippen molar-refractivity contribution in [1.29, 1.82) is 0 Å². The van der Waals surface area contributed by atoms with E-state index in [0.717, 1.165) is 10.2 Å². The first-order chi connectivity index (χ1) is 18.6. The Morgan fingerprint density at radius 1 is 0.974 bits per heavy atom. The fourth-order valence-electron chi connectivity index (χ4n) is 4.02. The standard InChI is InChI=1S/C27H20FN5O3S2/c1-35-18-10-12-19(13-11-18)36-15-24-30-31-27(32(24)21-7-3-2-6-20(21)28)37-16-17-14-25(34)33-22-8-4-5-9-23(22)38-26(33)29-17/h2-14H,15-16H2,1H3. The summed E-state index contributed by atoms with van der Waals surface area (Å²) in [6.45, 7) is 0.0710. The van der Waals surface area contributed by atoms with Crippen molar-refractivity contribution in [2.45, 2.75) is 17.5 Å². The van der Waals surface area contributed by atoms with Crippen LogP contribution in [0.5, 0.6) is 11.5 Å². The summed E-state index contributed by atoms with van der Waals surface area (Å²) in [6.07, 6.45) is 0. The Kier molecular flexibility index (Phi) is 6.52. The summed E-state index contributed by atoms with van der Waals surface area (Å²) >= 11 is 2.78. The Bertz CT molecular complexity index is 1810. The van der Waals surface area contributed by atoms with E-state index in [4.69, 9.17) is 14.5 Å². The molecule has 0 aliphatic carbocycles. The van der Waals surface area contributed by atoms with E-state index in [1.165, 1.54) is 35.2 Å². The molecule has 0 aliphatic rings. The van der Waals surface area contributed by atoms with Gasteiger partial charge in [0.05, 0.1) is 28.7 Å². The zero-order chi connectivity index (χ0) is 26.1. The second kappa shape index (κ2) is 10.3. The largest absolute Gasteiger partial charge is 0.497 e. The van der Waals surface area contributed by atoms with Crippen LogP contribution in [0.15, 0.2) is 88.8 Å². The number of nitrogens with zero attached hydrogens (tertiary/aromatic N) is 5. The van der Waals surface area contributed by atoms with Crippen molar-refractivity contribution < 1.29 is 13.9 Å². The van der Waals surface area contributed by atoms with Gasteiger partial charge in [-0.2, -0.15) is 0 Å². The molecule has 11 heteroatoms. The van der Waals surface area contributed by atoms with Gasteiger partial charge in [-0.25, -0.2) is 9.37 Å². The predicted octanol–water partition coefficient (Wildman–Crippen LogP) is 5.51. The Morgan fingerprint density at radius 3 is 2.55 bits per heavy atom. The van der Waals surface area contributed by atoms with Crippen molar-refractivity contribution in [2.75, 3.05) is 7.11 Å². The molecule has 0 amide bonds. The van der Waals surface area contributed by atoms with E-state index in [-0.39, 0.29) is 12.2 Å². The monoisotopic (exact) mass is 545 g/mol. The number of hydrogen-bond donors (Lipinski definition) is 0. The van der Waals surface area contributed by atoms with Gasteiger partial charge in [0, 0.05) is 11.8 Å². The number of thioether (sulfide) groups is 1. The first kappa shape index (κ1) is 24.1. The smallest absolute Gasteiger partial charge is 0.259 e. The van der Waals surface area contributed by atoms with Crippen LogP contribution in [0, 0.1) is 5.82 Å². The van der Waals surface area contributed by atoms with Gasteiger partial charge in [-0.3, -0.25) is 13.8 Å². The summed E-state index contributed by atoms with van der Waals surface area (Å²) in [5.41, 5.74) is 1.60. The van der Waals surface area contributed by atoms with Crippen LogP contribution in [-0.4, -0.2) is 31.3 Å². The second-order valence-corrected chi connectivity index (χ2v) is 10.2. The molecule has 6 aromatic rings. The van der Waals surface area contributed by atoms with Gasteiger partial charge in [-0.15, -0.1) is 10.2 Å².